The Hall–Kier alpha value is -3.40. The molecule has 0 radical (unpaired) electrons. The van der Waals surface area contributed by atoms with Crippen molar-refractivity contribution in [3.63, 3.8) is 0 Å². The Morgan fingerprint density at radius 2 is 1.50 bits per heavy atom. The van der Waals surface area contributed by atoms with Crippen LogP contribution in [0.2, 0.25) is 0 Å². The highest BCUT2D eigenvalue weighted by Gasteiger charge is 2.19. The van der Waals surface area contributed by atoms with E-state index in [9.17, 15) is 4.79 Å². The molecule has 4 rings (SSSR count). The first-order valence-corrected chi connectivity index (χ1v) is 9.60. The zero-order valence-corrected chi connectivity index (χ0v) is 15.6. The van der Waals surface area contributed by atoms with Crippen LogP contribution in [-0.2, 0) is 17.6 Å². The molecule has 1 atom stereocenters. The van der Waals surface area contributed by atoms with E-state index in [1.807, 2.05) is 72.8 Å². The third kappa shape index (κ3) is 4.46. The van der Waals surface area contributed by atoms with E-state index in [1.54, 1.807) is 0 Å². The van der Waals surface area contributed by atoms with Crippen molar-refractivity contribution in [2.24, 2.45) is 0 Å². The minimum absolute atomic E-state index is 0.0326. The number of aromatic amines is 1. The lowest BCUT2D eigenvalue weighted by molar-refractivity contribution is -0.121. The van der Waals surface area contributed by atoms with Crippen LogP contribution in [0.3, 0.4) is 0 Å². The average molecular weight is 369 g/mol. The first-order chi connectivity index (χ1) is 13.8. The number of aryl methyl sites for hydroxylation is 1. The molecule has 28 heavy (non-hydrogen) atoms. The minimum Gasteiger partial charge on any atom is -0.346 e. The Kier molecular flexibility index (Phi) is 5.48. The first-order valence-electron chi connectivity index (χ1n) is 9.60. The van der Waals surface area contributed by atoms with Crippen LogP contribution >= 0.6 is 0 Å². The van der Waals surface area contributed by atoms with Crippen LogP contribution in [0.25, 0.3) is 11.0 Å². The summed E-state index contributed by atoms with van der Waals surface area (Å²) in [7, 11) is 0. The quantitative estimate of drug-likeness (QED) is 0.500. The topological polar surface area (TPSA) is 57.8 Å². The number of hydrogen-bond acceptors (Lipinski definition) is 2. The summed E-state index contributed by atoms with van der Waals surface area (Å²) >= 11 is 0. The number of nitrogens with one attached hydrogen (secondary N) is 2. The first kappa shape index (κ1) is 18.0. The van der Waals surface area contributed by atoms with E-state index >= 15 is 0 Å². The number of aromatic nitrogens is 2. The van der Waals surface area contributed by atoms with Crippen molar-refractivity contribution in [1.29, 1.82) is 0 Å². The van der Waals surface area contributed by atoms with Crippen LogP contribution in [-0.4, -0.2) is 15.9 Å². The van der Waals surface area contributed by atoms with Crippen LogP contribution in [0.1, 0.15) is 29.4 Å². The maximum atomic E-state index is 12.7. The van der Waals surface area contributed by atoms with Gasteiger partial charge < -0.3 is 10.3 Å². The summed E-state index contributed by atoms with van der Waals surface area (Å²) in [6.45, 7) is 0. The smallest absolute Gasteiger partial charge is 0.220 e. The fourth-order valence-electron chi connectivity index (χ4n) is 3.37. The molecular weight excluding hydrogens is 346 g/mol. The average Bonchev–Trinajstić information content (AvgIpc) is 3.18. The van der Waals surface area contributed by atoms with Gasteiger partial charge in [-0.15, -0.1) is 0 Å². The van der Waals surface area contributed by atoms with Gasteiger partial charge in [-0.1, -0.05) is 72.8 Å². The highest BCUT2D eigenvalue weighted by atomic mass is 16.1. The SMILES string of the molecule is O=C(CCc1ccccc1)N[C@@H](Cc1ccccc1)c1nc2ccccc2[nH]1. The van der Waals surface area contributed by atoms with Gasteiger partial charge in [0.2, 0.25) is 5.91 Å². The van der Waals surface area contributed by atoms with Crippen LogP contribution in [0.15, 0.2) is 84.9 Å². The van der Waals surface area contributed by atoms with Gasteiger partial charge in [0.05, 0.1) is 17.1 Å². The molecule has 0 fully saturated rings. The lowest BCUT2D eigenvalue weighted by Gasteiger charge is -2.17. The number of carbonyl (C=O) groups excluding carboxylic acids is 1. The number of imidazole rings is 1. The summed E-state index contributed by atoms with van der Waals surface area (Å²) in [6, 6.07) is 28.0. The van der Waals surface area contributed by atoms with E-state index in [1.165, 1.54) is 5.56 Å². The third-order valence-electron chi connectivity index (χ3n) is 4.84. The van der Waals surface area contributed by atoms with Crippen molar-refractivity contribution in [3.8, 4) is 0 Å². The Bertz CT molecular complexity index is 1010. The number of rotatable bonds is 7. The van der Waals surface area contributed by atoms with Crippen LogP contribution in [0.5, 0.6) is 0 Å². The fourth-order valence-corrected chi connectivity index (χ4v) is 3.37. The molecule has 0 aliphatic heterocycles. The zero-order valence-electron chi connectivity index (χ0n) is 15.6. The highest BCUT2D eigenvalue weighted by molar-refractivity contribution is 5.77. The molecule has 0 bridgehead atoms. The van der Waals surface area contributed by atoms with E-state index in [-0.39, 0.29) is 11.9 Å². The molecule has 0 saturated heterocycles. The second-order valence-electron chi connectivity index (χ2n) is 6.93. The monoisotopic (exact) mass is 369 g/mol. The lowest BCUT2D eigenvalue weighted by atomic mass is 10.0. The van der Waals surface area contributed by atoms with Gasteiger partial charge in [0.1, 0.15) is 5.82 Å². The van der Waals surface area contributed by atoms with E-state index < -0.39 is 0 Å². The summed E-state index contributed by atoms with van der Waals surface area (Å²) in [5.74, 6) is 0.823. The normalized spacial score (nSPS) is 12.0. The molecule has 3 aromatic carbocycles. The lowest BCUT2D eigenvalue weighted by Crippen LogP contribution is -2.31. The molecule has 0 aliphatic rings. The Labute approximate surface area is 164 Å². The molecule has 1 amide bonds. The van der Waals surface area contributed by atoms with Crippen molar-refractivity contribution >= 4 is 16.9 Å². The molecule has 0 unspecified atom stereocenters. The van der Waals surface area contributed by atoms with Crippen LogP contribution in [0.4, 0.5) is 0 Å². The predicted octanol–water partition coefficient (Wildman–Crippen LogP) is 4.60. The van der Waals surface area contributed by atoms with Crippen molar-refractivity contribution in [1.82, 2.24) is 15.3 Å². The standard InChI is InChI=1S/C24H23N3O/c28-23(16-15-18-9-3-1-4-10-18)25-22(17-19-11-5-2-6-12-19)24-26-20-13-7-8-14-21(20)27-24/h1-14,22H,15-17H2,(H,25,28)(H,26,27)/t22-/m0/s1. The van der Waals surface area contributed by atoms with Crippen molar-refractivity contribution in [2.45, 2.75) is 25.3 Å². The fraction of sp³-hybridized carbons (Fsp3) is 0.167. The van der Waals surface area contributed by atoms with Gasteiger partial charge in [-0.3, -0.25) is 4.79 Å². The summed E-state index contributed by atoms with van der Waals surface area (Å²) in [5.41, 5.74) is 4.22. The van der Waals surface area contributed by atoms with Gasteiger partial charge >= 0.3 is 0 Å². The number of fused-ring (bicyclic) bond motifs is 1. The van der Waals surface area contributed by atoms with Crippen LogP contribution in [0, 0.1) is 0 Å². The number of nitrogens with zero attached hydrogens (tertiary/aromatic N) is 1. The van der Waals surface area contributed by atoms with Gasteiger partial charge in [-0.05, 0) is 36.1 Å². The number of benzene rings is 3. The van der Waals surface area contributed by atoms with Crippen molar-refractivity contribution < 1.29 is 4.79 Å². The Morgan fingerprint density at radius 1 is 0.857 bits per heavy atom. The molecule has 0 saturated carbocycles. The van der Waals surface area contributed by atoms with Gasteiger partial charge in [0.25, 0.3) is 0 Å². The molecule has 140 valence electrons. The molecule has 0 spiro atoms. The Balaban J connectivity index is 1.51. The number of amides is 1. The molecule has 4 nitrogen and oxygen atoms in total. The number of hydrogen-bond donors (Lipinski definition) is 2. The Morgan fingerprint density at radius 3 is 2.21 bits per heavy atom. The summed E-state index contributed by atoms with van der Waals surface area (Å²) in [5, 5.41) is 3.18. The second-order valence-corrected chi connectivity index (χ2v) is 6.93. The highest BCUT2D eigenvalue weighted by Crippen LogP contribution is 2.20. The maximum Gasteiger partial charge on any atom is 0.220 e. The maximum absolute atomic E-state index is 12.7. The molecule has 1 heterocycles. The van der Waals surface area contributed by atoms with E-state index in [4.69, 9.17) is 4.98 Å². The molecule has 0 aliphatic carbocycles. The van der Waals surface area contributed by atoms with Crippen molar-refractivity contribution in [3.05, 3.63) is 102 Å². The molecule has 4 aromatic rings. The van der Waals surface area contributed by atoms with E-state index in [2.05, 4.69) is 22.4 Å². The zero-order chi connectivity index (χ0) is 19.2. The van der Waals surface area contributed by atoms with E-state index in [0.29, 0.717) is 12.8 Å². The molecule has 2 N–H and O–H groups in total. The summed E-state index contributed by atoms with van der Waals surface area (Å²) < 4.78 is 0. The van der Waals surface area contributed by atoms with Crippen LogP contribution < -0.4 is 5.32 Å². The number of H-pyrrole nitrogens is 1. The van der Waals surface area contributed by atoms with Gasteiger partial charge in [0, 0.05) is 6.42 Å². The molecule has 4 heteroatoms. The molecule has 1 aromatic heterocycles. The van der Waals surface area contributed by atoms with Gasteiger partial charge in [-0.25, -0.2) is 4.98 Å². The number of para-hydroxylation sites is 2. The molecular formula is C24H23N3O. The van der Waals surface area contributed by atoms with Gasteiger partial charge in [-0.2, -0.15) is 0 Å². The summed E-state index contributed by atoms with van der Waals surface area (Å²) in [4.78, 5) is 20.7. The summed E-state index contributed by atoms with van der Waals surface area (Å²) in [6.07, 6.45) is 1.87. The largest absolute Gasteiger partial charge is 0.346 e. The number of carbonyl (C=O) groups is 1. The van der Waals surface area contributed by atoms with Crippen molar-refractivity contribution in [2.75, 3.05) is 0 Å². The third-order valence-corrected chi connectivity index (χ3v) is 4.84. The second kappa shape index (κ2) is 8.53. The van der Waals surface area contributed by atoms with Gasteiger partial charge in [0.15, 0.2) is 0 Å². The predicted molar refractivity (Wildman–Crippen MR) is 112 cm³/mol. The van der Waals surface area contributed by atoms with E-state index in [0.717, 1.165) is 28.8 Å². The minimum atomic E-state index is -0.196.